The second kappa shape index (κ2) is 3.39. The predicted molar refractivity (Wildman–Crippen MR) is 34.7 cm³/mol. The van der Waals surface area contributed by atoms with Crippen LogP contribution >= 0.6 is 0 Å². The lowest BCUT2D eigenvalue weighted by Crippen LogP contribution is -2.20. The third-order valence-corrected chi connectivity index (χ3v) is 1.55. The van der Waals surface area contributed by atoms with Gasteiger partial charge in [-0.3, -0.25) is 4.55 Å². The highest BCUT2D eigenvalue weighted by molar-refractivity contribution is 7.85. The second-order valence-electron chi connectivity index (χ2n) is 1.81. The fourth-order valence-electron chi connectivity index (χ4n) is 0.302. The molecule has 0 aromatic rings. The SMILES string of the molecule is CN(C#N)CCS(=O)(=O)O. The molecule has 6 heteroatoms. The van der Waals surface area contributed by atoms with Crippen molar-refractivity contribution in [2.45, 2.75) is 0 Å². The number of nitrogens with zero attached hydrogens (tertiary/aromatic N) is 2. The van der Waals surface area contributed by atoms with Gasteiger partial charge in [0.2, 0.25) is 0 Å². The van der Waals surface area contributed by atoms with E-state index in [0.29, 0.717) is 0 Å². The molecule has 0 aliphatic rings. The molecule has 0 saturated carbocycles. The molecule has 5 nitrogen and oxygen atoms in total. The van der Waals surface area contributed by atoms with E-state index in [-0.39, 0.29) is 6.54 Å². The van der Waals surface area contributed by atoms with Crippen molar-refractivity contribution in [3.05, 3.63) is 0 Å². The fraction of sp³-hybridized carbons (Fsp3) is 0.750. The summed E-state index contributed by atoms with van der Waals surface area (Å²) in [6.07, 6.45) is 1.70. The van der Waals surface area contributed by atoms with Crippen LogP contribution in [0.1, 0.15) is 0 Å². The summed E-state index contributed by atoms with van der Waals surface area (Å²) in [5.41, 5.74) is 0. The standard InChI is InChI=1S/C4H8N2O3S/c1-6(4-5)2-3-10(7,8)9/h2-3H2,1H3,(H,7,8,9). The van der Waals surface area contributed by atoms with Gasteiger partial charge < -0.3 is 4.90 Å². The Morgan fingerprint density at radius 3 is 2.50 bits per heavy atom. The second-order valence-corrected chi connectivity index (χ2v) is 3.38. The van der Waals surface area contributed by atoms with Crippen molar-refractivity contribution in [1.82, 2.24) is 4.90 Å². The summed E-state index contributed by atoms with van der Waals surface area (Å²) < 4.78 is 28.3. The lowest BCUT2D eigenvalue weighted by Gasteiger charge is -2.04. The molecule has 0 amide bonds. The molecule has 0 aliphatic carbocycles. The minimum Gasteiger partial charge on any atom is -0.313 e. The summed E-state index contributed by atoms with van der Waals surface area (Å²) >= 11 is 0. The topological polar surface area (TPSA) is 81.4 Å². The summed E-state index contributed by atoms with van der Waals surface area (Å²) in [5.74, 6) is -0.406. The molecule has 58 valence electrons. The molecule has 0 saturated heterocycles. The Kier molecular flexibility index (Phi) is 3.12. The van der Waals surface area contributed by atoms with Crippen LogP contribution in [-0.2, 0) is 10.1 Å². The van der Waals surface area contributed by atoms with Gasteiger partial charge in [-0.2, -0.15) is 13.7 Å². The van der Waals surface area contributed by atoms with E-state index in [4.69, 9.17) is 9.81 Å². The first kappa shape index (κ1) is 9.20. The van der Waals surface area contributed by atoms with Crippen LogP contribution in [0.3, 0.4) is 0 Å². The lowest BCUT2D eigenvalue weighted by molar-refractivity contribution is 0.457. The van der Waals surface area contributed by atoms with Crippen LogP contribution in [0, 0.1) is 11.5 Å². The zero-order valence-corrected chi connectivity index (χ0v) is 6.30. The van der Waals surface area contributed by atoms with E-state index in [1.165, 1.54) is 7.05 Å². The average molecular weight is 164 g/mol. The first-order valence-electron chi connectivity index (χ1n) is 2.52. The van der Waals surface area contributed by atoms with Gasteiger partial charge in [-0.15, -0.1) is 0 Å². The molecule has 0 heterocycles. The van der Waals surface area contributed by atoms with Crippen molar-refractivity contribution < 1.29 is 13.0 Å². The van der Waals surface area contributed by atoms with Crippen LogP contribution in [0.5, 0.6) is 0 Å². The summed E-state index contributed by atoms with van der Waals surface area (Å²) in [5, 5.41) is 8.13. The Morgan fingerprint density at radius 2 is 2.20 bits per heavy atom. The van der Waals surface area contributed by atoms with Crippen LogP contribution in [0.15, 0.2) is 0 Å². The van der Waals surface area contributed by atoms with Gasteiger partial charge in [-0.1, -0.05) is 0 Å². The fourth-order valence-corrected chi connectivity index (χ4v) is 0.807. The third-order valence-electron chi connectivity index (χ3n) is 0.855. The molecule has 0 spiro atoms. The van der Waals surface area contributed by atoms with Crippen LogP contribution in [0.25, 0.3) is 0 Å². The summed E-state index contributed by atoms with van der Waals surface area (Å²) in [6, 6.07) is 0. The molecule has 0 atom stereocenters. The maximum Gasteiger partial charge on any atom is 0.266 e. The summed E-state index contributed by atoms with van der Waals surface area (Å²) in [6.45, 7) is 0.0231. The van der Waals surface area contributed by atoms with E-state index >= 15 is 0 Å². The smallest absolute Gasteiger partial charge is 0.266 e. The average Bonchev–Trinajstić information content (AvgIpc) is 1.81. The molecule has 0 aliphatic heterocycles. The van der Waals surface area contributed by atoms with E-state index < -0.39 is 15.9 Å². The van der Waals surface area contributed by atoms with Gasteiger partial charge in [0.05, 0.1) is 5.75 Å². The first-order chi connectivity index (χ1) is 4.45. The largest absolute Gasteiger partial charge is 0.313 e. The highest BCUT2D eigenvalue weighted by Gasteiger charge is 2.04. The van der Waals surface area contributed by atoms with Gasteiger partial charge in [0, 0.05) is 13.6 Å². The molecule has 0 bridgehead atoms. The third kappa shape index (κ3) is 5.34. The molecule has 0 fully saturated rings. The highest BCUT2D eigenvalue weighted by atomic mass is 32.2. The minimum atomic E-state index is -3.92. The normalized spacial score (nSPS) is 10.5. The Labute approximate surface area is 59.6 Å². The van der Waals surface area contributed by atoms with Crippen molar-refractivity contribution in [2.24, 2.45) is 0 Å². The maximum absolute atomic E-state index is 10.1. The Bertz CT molecular complexity index is 227. The van der Waals surface area contributed by atoms with Crippen molar-refractivity contribution in [3.63, 3.8) is 0 Å². The van der Waals surface area contributed by atoms with Gasteiger partial charge in [0.1, 0.15) is 0 Å². The highest BCUT2D eigenvalue weighted by Crippen LogP contribution is 1.84. The number of rotatable bonds is 3. The molecule has 10 heavy (non-hydrogen) atoms. The van der Waals surface area contributed by atoms with E-state index in [0.717, 1.165) is 4.90 Å². The van der Waals surface area contributed by atoms with Gasteiger partial charge in [0.25, 0.3) is 10.1 Å². The molecule has 0 rings (SSSR count). The predicted octanol–water partition coefficient (Wildman–Crippen LogP) is -0.713. The Hall–Kier alpha value is -0.800. The molecule has 0 unspecified atom stereocenters. The van der Waals surface area contributed by atoms with Crippen molar-refractivity contribution in [3.8, 4) is 6.19 Å². The zero-order valence-electron chi connectivity index (χ0n) is 5.48. The van der Waals surface area contributed by atoms with Crippen LogP contribution in [-0.4, -0.2) is 37.2 Å². The van der Waals surface area contributed by atoms with Gasteiger partial charge in [-0.05, 0) is 0 Å². The van der Waals surface area contributed by atoms with Gasteiger partial charge in [0.15, 0.2) is 6.19 Å². The summed E-state index contributed by atoms with van der Waals surface area (Å²) in [7, 11) is -2.49. The Balaban J connectivity index is 3.70. The van der Waals surface area contributed by atoms with E-state index in [9.17, 15) is 8.42 Å². The number of hydrogen-bond donors (Lipinski definition) is 1. The minimum absolute atomic E-state index is 0.0231. The molecular weight excluding hydrogens is 156 g/mol. The Morgan fingerprint density at radius 1 is 1.70 bits per heavy atom. The molecule has 0 aromatic heterocycles. The van der Waals surface area contributed by atoms with Crippen LogP contribution in [0.4, 0.5) is 0 Å². The first-order valence-corrected chi connectivity index (χ1v) is 4.12. The summed E-state index contributed by atoms with van der Waals surface area (Å²) in [4.78, 5) is 1.12. The van der Waals surface area contributed by atoms with Crippen LogP contribution < -0.4 is 0 Å². The van der Waals surface area contributed by atoms with E-state index in [1.807, 2.05) is 0 Å². The molecule has 1 N–H and O–H groups in total. The number of hydrogen-bond acceptors (Lipinski definition) is 4. The van der Waals surface area contributed by atoms with Crippen molar-refractivity contribution >= 4 is 10.1 Å². The maximum atomic E-state index is 10.1. The van der Waals surface area contributed by atoms with Gasteiger partial charge in [-0.25, -0.2) is 0 Å². The van der Waals surface area contributed by atoms with Gasteiger partial charge >= 0.3 is 0 Å². The monoisotopic (exact) mass is 164 g/mol. The van der Waals surface area contributed by atoms with Crippen molar-refractivity contribution in [2.75, 3.05) is 19.3 Å². The number of nitriles is 1. The quantitative estimate of drug-likeness (QED) is 0.338. The molecule has 0 aromatic carbocycles. The molecule has 0 radical (unpaired) electrons. The van der Waals surface area contributed by atoms with Crippen molar-refractivity contribution in [1.29, 1.82) is 5.26 Å². The van der Waals surface area contributed by atoms with E-state index in [1.54, 1.807) is 6.19 Å². The van der Waals surface area contributed by atoms with E-state index in [2.05, 4.69) is 0 Å². The lowest BCUT2D eigenvalue weighted by atomic mass is 10.7. The zero-order chi connectivity index (χ0) is 8.20. The van der Waals surface area contributed by atoms with Crippen LogP contribution in [0.2, 0.25) is 0 Å². The molecular formula is C4H8N2O3S.